The minimum Gasteiger partial charge on any atom is -0.314 e. The Bertz CT molecular complexity index is 185. The molecule has 0 aromatic heterocycles. The third kappa shape index (κ3) is 1.94. The van der Waals surface area contributed by atoms with Crippen molar-refractivity contribution < 1.29 is 0 Å². The van der Waals surface area contributed by atoms with Crippen LogP contribution in [0, 0.1) is 0 Å². The largest absolute Gasteiger partial charge is 0.314 e. The Kier molecular flexibility index (Phi) is 3.01. The fraction of sp³-hybridized carbons (Fsp3) is 0.818. The first-order valence-corrected chi connectivity index (χ1v) is 5.55. The molecule has 2 rings (SSSR count). The molecule has 1 unspecified atom stereocenters. The van der Waals surface area contributed by atoms with E-state index in [4.69, 9.17) is 0 Å². The topological polar surface area (TPSA) is 15.3 Å². The first kappa shape index (κ1) is 9.22. The van der Waals surface area contributed by atoms with Crippen LogP contribution in [0.5, 0.6) is 0 Å². The summed E-state index contributed by atoms with van der Waals surface area (Å²) in [5, 5.41) is 3.35. The Balaban J connectivity index is 1.93. The van der Waals surface area contributed by atoms with Gasteiger partial charge in [0.25, 0.3) is 0 Å². The summed E-state index contributed by atoms with van der Waals surface area (Å²) >= 11 is 0. The molecule has 1 aliphatic heterocycles. The van der Waals surface area contributed by atoms with E-state index in [9.17, 15) is 0 Å². The summed E-state index contributed by atoms with van der Waals surface area (Å²) in [5.41, 5.74) is 0. The van der Waals surface area contributed by atoms with Crippen molar-refractivity contribution in [3.05, 3.63) is 12.2 Å². The molecule has 1 N–H and O–H groups in total. The van der Waals surface area contributed by atoms with Gasteiger partial charge in [-0.3, -0.25) is 4.90 Å². The lowest BCUT2D eigenvalue weighted by atomic mass is 9.98. The van der Waals surface area contributed by atoms with E-state index in [1.54, 1.807) is 0 Å². The molecule has 2 aliphatic rings. The number of likely N-dealkylation sites (N-methyl/N-ethyl adjacent to an activating group) is 1. The van der Waals surface area contributed by atoms with Crippen LogP contribution in [0.15, 0.2) is 12.2 Å². The smallest absolute Gasteiger partial charge is 0.0351 e. The third-order valence-corrected chi connectivity index (χ3v) is 3.25. The summed E-state index contributed by atoms with van der Waals surface area (Å²) in [4.78, 5) is 2.64. The fourth-order valence-electron chi connectivity index (χ4n) is 2.34. The Morgan fingerprint density at radius 1 is 1.46 bits per heavy atom. The number of hydrogen-bond donors (Lipinski definition) is 1. The molecule has 0 amide bonds. The van der Waals surface area contributed by atoms with Gasteiger partial charge in [-0.2, -0.15) is 0 Å². The molecule has 1 atom stereocenters. The van der Waals surface area contributed by atoms with Gasteiger partial charge in [0.2, 0.25) is 0 Å². The highest BCUT2D eigenvalue weighted by Gasteiger charge is 2.28. The van der Waals surface area contributed by atoms with Crippen LogP contribution in [0.2, 0.25) is 0 Å². The van der Waals surface area contributed by atoms with Crippen LogP contribution in [0.1, 0.15) is 26.2 Å². The number of rotatable bonds is 3. The lowest BCUT2D eigenvalue weighted by Crippen LogP contribution is -2.59. The Hall–Kier alpha value is -0.340. The van der Waals surface area contributed by atoms with Gasteiger partial charge in [-0.25, -0.2) is 0 Å². The zero-order valence-corrected chi connectivity index (χ0v) is 8.50. The maximum atomic E-state index is 3.35. The quantitative estimate of drug-likeness (QED) is 0.660. The SMILES string of the molecule is CCN(C1C=CCCC1)C1CNC1. The second kappa shape index (κ2) is 4.25. The number of allylic oxidation sites excluding steroid dienone is 1. The summed E-state index contributed by atoms with van der Waals surface area (Å²) in [6.07, 6.45) is 8.78. The van der Waals surface area contributed by atoms with Crippen LogP contribution in [-0.4, -0.2) is 36.6 Å². The van der Waals surface area contributed by atoms with Crippen molar-refractivity contribution in [1.82, 2.24) is 10.2 Å². The molecule has 2 heteroatoms. The van der Waals surface area contributed by atoms with Crippen LogP contribution in [0.3, 0.4) is 0 Å². The summed E-state index contributed by atoms with van der Waals surface area (Å²) in [7, 11) is 0. The molecule has 2 nitrogen and oxygen atoms in total. The highest BCUT2D eigenvalue weighted by atomic mass is 15.2. The molecular formula is C11H20N2. The summed E-state index contributed by atoms with van der Waals surface area (Å²) < 4.78 is 0. The minimum atomic E-state index is 0.728. The Labute approximate surface area is 81.0 Å². The number of nitrogens with one attached hydrogen (secondary N) is 1. The average molecular weight is 180 g/mol. The van der Waals surface area contributed by atoms with Crippen molar-refractivity contribution in [2.45, 2.75) is 38.3 Å². The molecule has 74 valence electrons. The van der Waals surface area contributed by atoms with Crippen LogP contribution in [0.4, 0.5) is 0 Å². The van der Waals surface area contributed by atoms with Gasteiger partial charge >= 0.3 is 0 Å². The molecule has 13 heavy (non-hydrogen) atoms. The second-order valence-electron chi connectivity index (χ2n) is 4.07. The van der Waals surface area contributed by atoms with Crippen LogP contribution >= 0.6 is 0 Å². The molecule has 0 saturated carbocycles. The van der Waals surface area contributed by atoms with Crippen molar-refractivity contribution in [3.63, 3.8) is 0 Å². The fourth-order valence-corrected chi connectivity index (χ4v) is 2.34. The van der Waals surface area contributed by atoms with Crippen molar-refractivity contribution >= 4 is 0 Å². The molecule has 0 radical (unpaired) electrons. The molecule has 1 fully saturated rings. The summed E-state index contributed by atoms with van der Waals surface area (Å²) in [5.74, 6) is 0. The van der Waals surface area contributed by atoms with Gasteiger partial charge in [-0.15, -0.1) is 0 Å². The van der Waals surface area contributed by atoms with Crippen molar-refractivity contribution in [2.75, 3.05) is 19.6 Å². The molecule has 0 bridgehead atoms. The van der Waals surface area contributed by atoms with Crippen LogP contribution < -0.4 is 5.32 Å². The van der Waals surface area contributed by atoms with Crippen LogP contribution in [0.25, 0.3) is 0 Å². The second-order valence-corrected chi connectivity index (χ2v) is 4.07. The predicted molar refractivity (Wildman–Crippen MR) is 55.8 cm³/mol. The van der Waals surface area contributed by atoms with Gasteiger partial charge < -0.3 is 5.32 Å². The molecule has 1 saturated heterocycles. The minimum absolute atomic E-state index is 0.728. The van der Waals surface area contributed by atoms with Gasteiger partial charge in [0.1, 0.15) is 0 Å². The summed E-state index contributed by atoms with van der Waals surface area (Å²) in [6.45, 7) is 5.86. The van der Waals surface area contributed by atoms with E-state index >= 15 is 0 Å². The van der Waals surface area contributed by atoms with E-state index in [0.29, 0.717) is 0 Å². The average Bonchev–Trinajstić information content (AvgIpc) is 2.12. The van der Waals surface area contributed by atoms with E-state index in [1.807, 2.05) is 0 Å². The molecule has 0 aromatic rings. The van der Waals surface area contributed by atoms with E-state index in [-0.39, 0.29) is 0 Å². The molecule has 0 spiro atoms. The van der Waals surface area contributed by atoms with E-state index in [2.05, 4.69) is 29.3 Å². The first-order chi connectivity index (χ1) is 6.42. The van der Waals surface area contributed by atoms with Crippen molar-refractivity contribution in [1.29, 1.82) is 0 Å². The van der Waals surface area contributed by atoms with Crippen molar-refractivity contribution in [2.24, 2.45) is 0 Å². The zero-order valence-electron chi connectivity index (χ0n) is 8.50. The van der Waals surface area contributed by atoms with E-state index < -0.39 is 0 Å². The van der Waals surface area contributed by atoms with E-state index in [0.717, 1.165) is 12.1 Å². The standard InChI is InChI=1S/C11H20N2/c1-2-13(11-8-12-9-11)10-6-4-3-5-7-10/h4,6,10-12H,2-3,5,7-9H2,1H3. The van der Waals surface area contributed by atoms with E-state index in [1.165, 1.54) is 38.9 Å². The molecule has 0 aromatic carbocycles. The maximum Gasteiger partial charge on any atom is 0.0351 e. The van der Waals surface area contributed by atoms with Gasteiger partial charge in [-0.05, 0) is 25.8 Å². The number of hydrogen-bond acceptors (Lipinski definition) is 2. The molecular weight excluding hydrogens is 160 g/mol. The monoisotopic (exact) mass is 180 g/mol. The highest BCUT2D eigenvalue weighted by molar-refractivity contribution is 5.01. The normalized spacial score (nSPS) is 29.2. The molecule has 1 aliphatic carbocycles. The highest BCUT2D eigenvalue weighted by Crippen LogP contribution is 2.19. The van der Waals surface area contributed by atoms with Crippen molar-refractivity contribution in [3.8, 4) is 0 Å². The number of nitrogens with zero attached hydrogens (tertiary/aromatic N) is 1. The Morgan fingerprint density at radius 2 is 2.31 bits per heavy atom. The maximum absolute atomic E-state index is 3.35. The predicted octanol–water partition coefficient (Wildman–Crippen LogP) is 1.39. The molecule has 1 heterocycles. The van der Waals surface area contributed by atoms with Gasteiger partial charge in [0.05, 0.1) is 0 Å². The Morgan fingerprint density at radius 3 is 2.77 bits per heavy atom. The van der Waals surface area contributed by atoms with Gasteiger partial charge in [-0.1, -0.05) is 19.1 Å². The van der Waals surface area contributed by atoms with Gasteiger partial charge in [0.15, 0.2) is 0 Å². The summed E-state index contributed by atoms with van der Waals surface area (Å²) in [6, 6.07) is 1.53. The van der Waals surface area contributed by atoms with Crippen LogP contribution in [-0.2, 0) is 0 Å². The first-order valence-electron chi connectivity index (χ1n) is 5.55. The lowest BCUT2D eigenvalue weighted by Gasteiger charge is -2.42. The zero-order chi connectivity index (χ0) is 9.10. The lowest BCUT2D eigenvalue weighted by molar-refractivity contribution is 0.115. The van der Waals surface area contributed by atoms with Gasteiger partial charge in [0, 0.05) is 25.2 Å². The third-order valence-electron chi connectivity index (χ3n) is 3.25.